The minimum Gasteiger partial charge on any atom is -0.329 e. The fourth-order valence-electron chi connectivity index (χ4n) is 3.00. The lowest BCUT2D eigenvalue weighted by Crippen LogP contribution is -2.56. The van der Waals surface area contributed by atoms with Gasteiger partial charge in [-0.2, -0.15) is 0 Å². The number of benzene rings is 1. The molecule has 112 valence electrons. The molecule has 1 fully saturated rings. The van der Waals surface area contributed by atoms with Gasteiger partial charge in [0, 0.05) is 44.1 Å². The highest BCUT2D eigenvalue weighted by Gasteiger charge is 2.26. The van der Waals surface area contributed by atoms with Gasteiger partial charge in [-0.05, 0) is 19.4 Å². The quantitative estimate of drug-likeness (QED) is 0.933. The number of piperazine rings is 1. The van der Waals surface area contributed by atoms with E-state index in [9.17, 15) is 0 Å². The Hall–Kier alpha value is -1.65. The van der Waals surface area contributed by atoms with Crippen molar-refractivity contribution in [1.29, 1.82) is 0 Å². The van der Waals surface area contributed by atoms with Crippen molar-refractivity contribution in [3.8, 4) is 0 Å². The first kappa shape index (κ1) is 14.3. The molecule has 1 saturated heterocycles. The number of hydrogen-bond donors (Lipinski definition) is 1. The Kier molecular flexibility index (Phi) is 4.08. The van der Waals surface area contributed by atoms with Gasteiger partial charge in [0.2, 0.25) is 0 Å². The van der Waals surface area contributed by atoms with Crippen molar-refractivity contribution < 1.29 is 0 Å². The van der Waals surface area contributed by atoms with Crippen molar-refractivity contribution in [3.05, 3.63) is 54.1 Å². The van der Waals surface area contributed by atoms with Crippen LogP contribution in [0.1, 0.15) is 25.2 Å². The van der Waals surface area contributed by atoms with Crippen LogP contribution >= 0.6 is 0 Å². The molecule has 3 rings (SSSR count). The minimum atomic E-state index is 0.190. The zero-order chi connectivity index (χ0) is 14.7. The molecule has 0 spiro atoms. The summed E-state index contributed by atoms with van der Waals surface area (Å²) < 4.78 is 2.25. The molecule has 4 nitrogen and oxygen atoms in total. The van der Waals surface area contributed by atoms with Crippen LogP contribution in [0.3, 0.4) is 0 Å². The van der Waals surface area contributed by atoms with Crippen LogP contribution in [0.25, 0.3) is 0 Å². The Morgan fingerprint density at radius 3 is 2.76 bits per heavy atom. The summed E-state index contributed by atoms with van der Waals surface area (Å²) in [6.07, 6.45) is 3.99. The molecule has 1 aliphatic heterocycles. The average molecular weight is 284 g/mol. The van der Waals surface area contributed by atoms with E-state index in [0.717, 1.165) is 38.5 Å². The van der Waals surface area contributed by atoms with Gasteiger partial charge in [0.15, 0.2) is 0 Å². The standard InChI is InChI=1S/C17H24N4/c1-17(2)14-20(10-9-19-17)13-16-18-8-11-21(16)12-15-6-4-3-5-7-15/h3-8,11,19H,9-10,12-14H2,1-2H3. The second-order valence-corrected chi connectivity index (χ2v) is 6.48. The van der Waals surface area contributed by atoms with E-state index >= 15 is 0 Å². The van der Waals surface area contributed by atoms with Crippen LogP contribution in [0.5, 0.6) is 0 Å². The summed E-state index contributed by atoms with van der Waals surface area (Å²) in [4.78, 5) is 7.04. The Morgan fingerprint density at radius 2 is 2.00 bits per heavy atom. The second-order valence-electron chi connectivity index (χ2n) is 6.48. The van der Waals surface area contributed by atoms with E-state index in [1.165, 1.54) is 5.56 Å². The van der Waals surface area contributed by atoms with E-state index < -0.39 is 0 Å². The molecule has 1 aromatic heterocycles. The lowest BCUT2D eigenvalue weighted by atomic mass is 10.0. The molecule has 21 heavy (non-hydrogen) atoms. The van der Waals surface area contributed by atoms with Crippen LogP contribution in [-0.2, 0) is 13.1 Å². The maximum Gasteiger partial charge on any atom is 0.123 e. The second kappa shape index (κ2) is 6.00. The topological polar surface area (TPSA) is 33.1 Å². The van der Waals surface area contributed by atoms with Crippen molar-refractivity contribution in [2.45, 2.75) is 32.5 Å². The summed E-state index contributed by atoms with van der Waals surface area (Å²) >= 11 is 0. The average Bonchev–Trinajstić information content (AvgIpc) is 2.86. The summed E-state index contributed by atoms with van der Waals surface area (Å²) in [6.45, 7) is 9.53. The van der Waals surface area contributed by atoms with Crippen LogP contribution in [-0.4, -0.2) is 39.6 Å². The van der Waals surface area contributed by atoms with E-state index in [1.54, 1.807) is 0 Å². The van der Waals surface area contributed by atoms with Crippen molar-refractivity contribution in [1.82, 2.24) is 19.8 Å². The fraction of sp³-hybridized carbons (Fsp3) is 0.471. The first-order valence-electron chi connectivity index (χ1n) is 7.64. The largest absolute Gasteiger partial charge is 0.329 e. The zero-order valence-corrected chi connectivity index (χ0v) is 12.9. The number of aromatic nitrogens is 2. The monoisotopic (exact) mass is 284 g/mol. The third-order valence-corrected chi connectivity index (χ3v) is 4.01. The van der Waals surface area contributed by atoms with Crippen molar-refractivity contribution in [2.75, 3.05) is 19.6 Å². The van der Waals surface area contributed by atoms with Crippen molar-refractivity contribution >= 4 is 0 Å². The fourth-order valence-corrected chi connectivity index (χ4v) is 3.00. The minimum absolute atomic E-state index is 0.190. The predicted octanol–water partition coefficient (Wildman–Crippen LogP) is 2.12. The van der Waals surface area contributed by atoms with E-state index in [1.807, 2.05) is 6.20 Å². The molecule has 2 heterocycles. The Balaban J connectivity index is 1.68. The lowest BCUT2D eigenvalue weighted by Gasteiger charge is -2.39. The number of nitrogens with one attached hydrogen (secondary N) is 1. The first-order chi connectivity index (χ1) is 10.1. The molecule has 0 atom stereocenters. The van der Waals surface area contributed by atoms with Crippen molar-refractivity contribution in [3.63, 3.8) is 0 Å². The first-order valence-corrected chi connectivity index (χ1v) is 7.64. The van der Waals surface area contributed by atoms with Gasteiger partial charge in [-0.3, -0.25) is 4.90 Å². The molecule has 1 N–H and O–H groups in total. The Morgan fingerprint density at radius 1 is 1.19 bits per heavy atom. The molecule has 0 saturated carbocycles. The summed E-state index contributed by atoms with van der Waals surface area (Å²) in [5.41, 5.74) is 1.51. The molecule has 2 aromatic rings. The van der Waals surface area contributed by atoms with Crippen molar-refractivity contribution in [2.24, 2.45) is 0 Å². The molecular weight excluding hydrogens is 260 g/mol. The molecule has 0 aliphatic carbocycles. The highest BCUT2D eigenvalue weighted by atomic mass is 15.2. The predicted molar refractivity (Wildman–Crippen MR) is 85.1 cm³/mol. The number of hydrogen-bond acceptors (Lipinski definition) is 3. The third-order valence-electron chi connectivity index (χ3n) is 4.01. The molecule has 0 amide bonds. The van der Waals surface area contributed by atoms with Crippen LogP contribution < -0.4 is 5.32 Å². The van der Waals surface area contributed by atoms with Gasteiger partial charge in [-0.1, -0.05) is 30.3 Å². The van der Waals surface area contributed by atoms with Gasteiger partial charge in [-0.15, -0.1) is 0 Å². The maximum atomic E-state index is 4.56. The molecule has 1 aliphatic rings. The number of imidazole rings is 1. The molecule has 1 aromatic carbocycles. The molecule has 0 unspecified atom stereocenters. The van der Waals surface area contributed by atoms with Gasteiger partial charge in [-0.25, -0.2) is 4.98 Å². The molecular formula is C17H24N4. The van der Waals surface area contributed by atoms with Crippen LogP contribution in [0, 0.1) is 0 Å². The summed E-state index contributed by atoms with van der Waals surface area (Å²) in [6, 6.07) is 10.6. The van der Waals surface area contributed by atoms with Crippen LogP contribution in [0.4, 0.5) is 0 Å². The van der Waals surface area contributed by atoms with Gasteiger partial charge in [0.05, 0.1) is 6.54 Å². The van der Waals surface area contributed by atoms with Gasteiger partial charge >= 0.3 is 0 Å². The SMILES string of the molecule is CC1(C)CN(Cc2nccn2Cc2ccccc2)CCN1. The smallest absolute Gasteiger partial charge is 0.123 e. The van der Waals surface area contributed by atoms with E-state index in [2.05, 4.69) is 70.1 Å². The van der Waals surface area contributed by atoms with E-state index in [4.69, 9.17) is 0 Å². The molecule has 4 heteroatoms. The summed E-state index contributed by atoms with van der Waals surface area (Å²) in [5.74, 6) is 1.15. The van der Waals surface area contributed by atoms with E-state index in [-0.39, 0.29) is 5.54 Å². The number of rotatable bonds is 4. The molecule has 0 radical (unpaired) electrons. The lowest BCUT2D eigenvalue weighted by molar-refractivity contribution is 0.144. The normalized spacial score (nSPS) is 18.8. The number of nitrogens with zero attached hydrogens (tertiary/aromatic N) is 3. The van der Waals surface area contributed by atoms with Crippen LogP contribution in [0.15, 0.2) is 42.7 Å². The van der Waals surface area contributed by atoms with Gasteiger partial charge in [0.1, 0.15) is 5.82 Å². The highest BCUT2D eigenvalue weighted by molar-refractivity contribution is 5.15. The summed E-state index contributed by atoms with van der Waals surface area (Å²) in [5, 5.41) is 3.55. The Labute approximate surface area is 126 Å². The summed E-state index contributed by atoms with van der Waals surface area (Å²) in [7, 11) is 0. The van der Waals surface area contributed by atoms with Gasteiger partial charge < -0.3 is 9.88 Å². The maximum absolute atomic E-state index is 4.56. The zero-order valence-electron chi connectivity index (χ0n) is 12.9. The molecule has 0 bridgehead atoms. The van der Waals surface area contributed by atoms with Gasteiger partial charge in [0.25, 0.3) is 0 Å². The third kappa shape index (κ3) is 3.71. The Bertz CT molecular complexity index is 573. The van der Waals surface area contributed by atoms with Crippen LogP contribution in [0.2, 0.25) is 0 Å². The van der Waals surface area contributed by atoms with E-state index in [0.29, 0.717) is 0 Å². The highest BCUT2D eigenvalue weighted by Crippen LogP contribution is 2.14.